The third-order valence-corrected chi connectivity index (χ3v) is 2.64. The number of thiocarbonyl (C=S) groups is 1. The molecule has 2 rings (SSSR count). The minimum atomic E-state index is -0.510. The maximum Gasteiger partial charge on any atom is 0.274 e. The van der Waals surface area contributed by atoms with Crippen LogP contribution in [0.3, 0.4) is 0 Å². The van der Waals surface area contributed by atoms with Gasteiger partial charge in [0.2, 0.25) is 0 Å². The number of nitro groups is 1. The second kappa shape index (κ2) is 4.94. The summed E-state index contributed by atoms with van der Waals surface area (Å²) in [5.74, 6) is 0. The predicted molar refractivity (Wildman–Crippen MR) is 72.8 cm³/mol. The number of aromatic nitrogens is 2. The molecule has 2 aromatic rings. The number of nitro benzene ring substituents is 1. The predicted octanol–water partition coefficient (Wildman–Crippen LogP) is 0.979. The number of nitrogens with one attached hydrogen (secondary N) is 1. The van der Waals surface area contributed by atoms with Crippen LogP contribution in [0.1, 0.15) is 5.56 Å². The van der Waals surface area contributed by atoms with E-state index in [0.29, 0.717) is 11.3 Å². The lowest BCUT2D eigenvalue weighted by molar-refractivity contribution is -0.384. The molecule has 0 atom stereocenters. The van der Waals surface area contributed by atoms with Crippen molar-refractivity contribution in [1.82, 2.24) is 10.2 Å². The first-order valence-corrected chi connectivity index (χ1v) is 5.54. The summed E-state index contributed by atoms with van der Waals surface area (Å²) < 4.78 is 0. The van der Waals surface area contributed by atoms with Gasteiger partial charge < -0.3 is 5.73 Å². The van der Waals surface area contributed by atoms with Crippen molar-refractivity contribution in [2.24, 2.45) is 5.73 Å². The van der Waals surface area contributed by atoms with E-state index >= 15 is 0 Å². The number of rotatable bonds is 3. The minimum Gasteiger partial charge on any atom is -0.389 e. The summed E-state index contributed by atoms with van der Waals surface area (Å²) in [5.41, 5.74) is 5.81. The first kappa shape index (κ1) is 12.8. The summed E-state index contributed by atoms with van der Waals surface area (Å²) in [5, 5.41) is 16.8. The lowest BCUT2D eigenvalue weighted by Crippen LogP contribution is -2.23. The van der Waals surface area contributed by atoms with Crippen LogP contribution < -0.4 is 11.3 Å². The maximum atomic E-state index is 11.4. The van der Waals surface area contributed by atoms with Crippen molar-refractivity contribution in [3.05, 3.63) is 56.4 Å². The second-order valence-electron chi connectivity index (χ2n) is 3.67. The Bertz CT molecular complexity index is 726. The fourth-order valence-electron chi connectivity index (χ4n) is 1.52. The molecule has 19 heavy (non-hydrogen) atoms. The zero-order valence-electron chi connectivity index (χ0n) is 9.49. The van der Waals surface area contributed by atoms with Crippen molar-refractivity contribution in [2.75, 3.05) is 0 Å². The van der Waals surface area contributed by atoms with Crippen LogP contribution in [0.4, 0.5) is 5.69 Å². The highest BCUT2D eigenvalue weighted by Gasteiger charge is 2.11. The number of H-pyrrole nitrogens is 1. The standard InChI is InChI=1S/C11H8N4O3S/c12-10(19)8-5-9(13-14-11(8)16)6-2-1-3-7(4-6)15(17)18/h1-5H,(H2,12,19)(H,14,16). The van der Waals surface area contributed by atoms with Gasteiger partial charge in [0.05, 0.1) is 16.2 Å². The Morgan fingerprint density at radius 1 is 1.42 bits per heavy atom. The monoisotopic (exact) mass is 276 g/mol. The van der Waals surface area contributed by atoms with Crippen LogP contribution in [0.15, 0.2) is 35.1 Å². The molecule has 0 aliphatic heterocycles. The van der Waals surface area contributed by atoms with Crippen molar-refractivity contribution in [1.29, 1.82) is 0 Å². The highest BCUT2D eigenvalue weighted by molar-refractivity contribution is 7.80. The van der Waals surface area contributed by atoms with E-state index in [9.17, 15) is 14.9 Å². The Morgan fingerprint density at radius 2 is 2.16 bits per heavy atom. The normalized spacial score (nSPS) is 10.1. The highest BCUT2D eigenvalue weighted by Crippen LogP contribution is 2.21. The van der Waals surface area contributed by atoms with Gasteiger partial charge in [0.1, 0.15) is 4.99 Å². The summed E-state index contributed by atoms with van der Waals surface area (Å²) in [4.78, 5) is 21.6. The zero-order valence-corrected chi connectivity index (χ0v) is 10.3. The van der Waals surface area contributed by atoms with Crippen molar-refractivity contribution in [2.45, 2.75) is 0 Å². The molecule has 1 heterocycles. The van der Waals surface area contributed by atoms with E-state index in [-0.39, 0.29) is 16.2 Å². The molecule has 0 aliphatic carbocycles. The van der Waals surface area contributed by atoms with E-state index < -0.39 is 10.5 Å². The van der Waals surface area contributed by atoms with Crippen LogP contribution in [0.5, 0.6) is 0 Å². The van der Waals surface area contributed by atoms with E-state index in [1.54, 1.807) is 6.07 Å². The maximum absolute atomic E-state index is 11.4. The topological polar surface area (TPSA) is 115 Å². The highest BCUT2D eigenvalue weighted by atomic mass is 32.1. The molecule has 1 aromatic heterocycles. The molecule has 0 radical (unpaired) electrons. The molecule has 0 bridgehead atoms. The molecule has 0 aliphatic rings. The van der Waals surface area contributed by atoms with Gasteiger partial charge in [0.25, 0.3) is 11.2 Å². The SMILES string of the molecule is NC(=S)c1cc(-c2cccc([N+](=O)[O-])c2)n[nH]c1=O. The molecule has 0 unspecified atom stereocenters. The number of nitrogens with two attached hydrogens (primary N) is 1. The lowest BCUT2D eigenvalue weighted by Gasteiger charge is -2.02. The number of hydrogen-bond donors (Lipinski definition) is 2. The second-order valence-corrected chi connectivity index (χ2v) is 4.11. The van der Waals surface area contributed by atoms with Crippen LogP contribution in [-0.4, -0.2) is 20.1 Å². The Hall–Kier alpha value is -2.61. The van der Waals surface area contributed by atoms with E-state index in [1.165, 1.54) is 24.3 Å². The first-order chi connectivity index (χ1) is 8.99. The molecule has 3 N–H and O–H groups in total. The number of hydrogen-bond acceptors (Lipinski definition) is 5. The first-order valence-electron chi connectivity index (χ1n) is 5.13. The molecule has 0 amide bonds. The third kappa shape index (κ3) is 2.63. The zero-order chi connectivity index (χ0) is 14.0. The van der Waals surface area contributed by atoms with Gasteiger partial charge in [-0.15, -0.1) is 0 Å². The third-order valence-electron chi connectivity index (χ3n) is 2.42. The van der Waals surface area contributed by atoms with E-state index in [0.717, 1.165) is 0 Å². The van der Waals surface area contributed by atoms with Gasteiger partial charge in [-0.05, 0) is 6.07 Å². The van der Waals surface area contributed by atoms with Crippen molar-refractivity contribution < 1.29 is 4.92 Å². The molecule has 7 nitrogen and oxygen atoms in total. The fourth-order valence-corrected chi connectivity index (χ4v) is 1.67. The Balaban J connectivity index is 2.56. The summed E-state index contributed by atoms with van der Waals surface area (Å²) >= 11 is 4.75. The van der Waals surface area contributed by atoms with Gasteiger partial charge in [0.15, 0.2) is 0 Å². The molecule has 96 valence electrons. The number of non-ortho nitro benzene ring substituents is 1. The van der Waals surface area contributed by atoms with Gasteiger partial charge in [0, 0.05) is 17.7 Å². The molecular weight excluding hydrogens is 268 g/mol. The van der Waals surface area contributed by atoms with Crippen LogP contribution in [0.25, 0.3) is 11.3 Å². The van der Waals surface area contributed by atoms with Gasteiger partial charge in [-0.25, -0.2) is 5.10 Å². The number of nitrogens with zero attached hydrogens (tertiary/aromatic N) is 2. The molecular formula is C11H8N4O3S. The van der Waals surface area contributed by atoms with Crippen molar-refractivity contribution in [3.8, 4) is 11.3 Å². The minimum absolute atomic E-state index is 0.0599. The molecule has 0 saturated carbocycles. The molecule has 0 saturated heterocycles. The van der Waals surface area contributed by atoms with Crippen LogP contribution in [0, 0.1) is 10.1 Å². The Labute approximate surface area is 112 Å². The van der Waals surface area contributed by atoms with Crippen molar-refractivity contribution >= 4 is 22.9 Å². The quantitative estimate of drug-likeness (QED) is 0.490. The van der Waals surface area contributed by atoms with E-state index in [4.69, 9.17) is 18.0 Å². The largest absolute Gasteiger partial charge is 0.389 e. The van der Waals surface area contributed by atoms with E-state index in [1.807, 2.05) is 0 Å². The smallest absolute Gasteiger partial charge is 0.274 e. The fraction of sp³-hybridized carbons (Fsp3) is 0. The van der Waals surface area contributed by atoms with Gasteiger partial charge in [-0.2, -0.15) is 5.10 Å². The summed E-state index contributed by atoms with van der Waals surface area (Å²) in [6, 6.07) is 7.28. The van der Waals surface area contributed by atoms with Crippen LogP contribution in [0.2, 0.25) is 0 Å². The number of aromatic amines is 1. The molecule has 1 aromatic carbocycles. The summed E-state index contributed by atoms with van der Waals surface area (Å²) in [6.07, 6.45) is 0. The average molecular weight is 276 g/mol. The summed E-state index contributed by atoms with van der Waals surface area (Å²) in [6.45, 7) is 0. The Kier molecular flexibility index (Phi) is 3.34. The molecule has 0 fully saturated rings. The van der Waals surface area contributed by atoms with Gasteiger partial charge >= 0.3 is 0 Å². The molecule has 0 spiro atoms. The summed E-state index contributed by atoms with van der Waals surface area (Å²) in [7, 11) is 0. The van der Waals surface area contributed by atoms with Crippen molar-refractivity contribution in [3.63, 3.8) is 0 Å². The molecule has 8 heteroatoms. The van der Waals surface area contributed by atoms with Crippen LogP contribution >= 0.6 is 12.2 Å². The Morgan fingerprint density at radius 3 is 2.79 bits per heavy atom. The average Bonchev–Trinajstić information content (AvgIpc) is 2.39. The van der Waals surface area contributed by atoms with Gasteiger partial charge in [-0.1, -0.05) is 24.4 Å². The van der Waals surface area contributed by atoms with Gasteiger partial charge in [-0.3, -0.25) is 14.9 Å². The lowest BCUT2D eigenvalue weighted by atomic mass is 10.1. The van der Waals surface area contributed by atoms with Crippen LogP contribution in [-0.2, 0) is 0 Å². The number of benzene rings is 1. The van der Waals surface area contributed by atoms with E-state index in [2.05, 4.69) is 10.2 Å².